The second kappa shape index (κ2) is 9.14. The van der Waals surface area contributed by atoms with Gasteiger partial charge in [0.2, 0.25) is 0 Å². The first-order valence-corrected chi connectivity index (χ1v) is 11.5. The van der Waals surface area contributed by atoms with Gasteiger partial charge in [0, 0.05) is 39.8 Å². The van der Waals surface area contributed by atoms with Crippen LogP contribution in [0.25, 0.3) is 10.2 Å². The lowest BCUT2D eigenvalue weighted by Gasteiger charge is -2.32. The molecule has 6 heteroatoms. The molecule has 1 amide bonds. The average Bonchev–Trinajstić information content (AvgIpc) is 3.18. The second-order valence-corrected chi connectivity index (χ2v) is 9.53. The highest BCUT2D eigenvalue weighted by Gasteiger charge is 2.32. The molecule has 1 saturated heterocycles. The third kappa shape index (κ3) is 4.65. The van der Waals surface area contributed by atoms with Crippen molar-refractivity contribution in [2.75, 3.05) is 39.1 Å². The largest absolute Gasteiger partial charge is 0.378 e. The number of hydrogen-bond acceptors (Lipinski definition) is 4. The topological polar surface area (TPSA) is 40.9 Å². The van der Waals surface area contributed by atoms with Crippen molar-refractivity contribution >= 4 is 33.1 Å². The Morgan fingerprint density at radius 1 is 1.10 bits per heavy atom. The molecule has 0 aliphatic carbocycles. The van der Waals surface area contributed by atoms with Crippen LogP contribution in [-0.2, 0) is 11.3 Å². The first-order valence-electron chi connectivity index (χ1n) is 10.7. The molecular formula is C24H31N4OS+. The standard InChI is InChI=1S/C24H30N4OS/c1-26(2)19-13-11-18(12-14-19)16-27(3)23(29)17-28-15-7-6-9-21(28)24-25-20-8-4-5-10-22(20)30-24/h4-5,8,10-14,21H,6-7,9,15-17H2,1-3H3/p+1/t21-/m1/s1. The molecule has 158 valence electrons. The Labute approximate surface area is 182 Å². The zero-order chi connectivity index (χ0) is 21.1. The van der Waals surface area contributed by atoms with Crippen LogP contribution in [0.5, 0.6) is 0 Å². The number of carbonyl (C=O) groups is 1. The number of anilines is 1. The average molecular weight is 424 g/mol. The fraction of sp³-hybridized carbons (Fsp3) is 0.417. The van der Waals surface area contributed by atoms with E-state index in [1.165, 1.54) is 33.1 Å². The third-order valence-corrected chi connectivity index (χ3v) is 7.17. The normalized spacial score (nSPS) is 19.0. The van der Waals surface area contributed by atoms with Crippen molar-refractivity contribution in [3.63, 3.8) is 0 Å². The molecule has 1 unspecified atom stereocenters. The zero-order valence-corrected chi connectivity index (χ0v) is 18.9. The fourth-order valence-electron chi connectivity index (χ4n) is 4.22. The molecular weight excluding hydrogens is 392 g/mol. The summed E-state index contributed by atoms with van der Waals surface area (Å²) in [5.74, 6) is 0.203. The van der Waals surface area contributed by atoms with Gasteiger partial charge in [-0.25, -0.2) is 4.98 Å². The van der Waals surface area contributed by atoms with Crippen LogP contribution in [-0.4, -0.2) is 50.0 Å². The van der Waals surface area contributed by atoms with E-state index in [1.54, 1.807) is 11.3 Å². The Morgan fingerprint density at radius 3 is 2.60 bits per heavy atom. The van der Waals surface area contributed by atoms with Gasteiger partial charge in [-0.05, 0) is 42.7 Å². The summed E-state index contributed by atoms with van der Waals surface area (Å²) in [4.78, 5) is 23.2. The summed E-state index contributed by atoms with van der Waals surface area (Å²) in [6.45, 7) is 2.22. The van der Waals surface area contributed by atoms with Gasteiger partial charge in [-0.1, -0.05) is 24.3 Å². The van der Waals surface area contributed by atoms with E-state index in [-0.39, 0.29) is 5.91 Å². The summed E-state index contributed by atoms with van der Waals surface area (Å²) in [7, 11) is 5.99. The van der Waals surface area contributed by atoms with Crippen LogP contribution in [0.15, 0.2) is 48.5 Å². The van der Waals surface area contributed by atoms with Crippen molar-refractivity contribution in [1.29, 1.82) is 0 Å². The Bertz CT molecular complexity index is 965. The van der Waals surface area contributed by atoms with E-state index in [2.05, 4.69) is 47.4 Å². The van der Waals surface area contributed by atoms with Gasteiger partial charge in [-0.2, -0.15) is 0 Å². The molecule has 2 aromatic carbocycles. The minimum absolute atomic E-state index is 0.203. The van der Waals surface area contributed by atoms with Crippen LogP contribution in [0.2, 0.25) is 0 Å². The lowest BCUT2D eigenvalue weighted by Crippen LogP contribution is -3.14. The van der Waals surface area contributed by atoms with Gasteiger partial charge in [-0.3, -0.25) is 4.79 Å². The number of carbonyl (C=O) groups excluding carboxylic acids is 1. The summed E-state index contributed by atoms with van der Waals surface area (Å²) >= 11 is 1.79. The van der Waals surface area contributed by atoms with Crippen LogP contribution < -0.4 is 9.80 Å². The first-order chi connectivity index (χ1) is 14.5. The van der Waals surface area contributed by atoms with E-state index in [4.69, 9.17) is 4.98 Å². The number of quaternary nitrogens is 1. The number of likely N-dealkylation sites (tertiary alicyclic amines) is 1. The SMILES string of the molecule is CN(Cc1ccc(N(C)C)cc1)C(=O)C[NH+]1CCCC[C@@H]1c1nc2ccccc2s1. The van der Waals surface area contributed by atoms with Crippen LogP contribution in [0.4, 0.5) is 5.69 Å². The van der Waals surface area contributed by atoms with Gasteiger partial charge in [0.05, 0.1) is 16.8 Å². The zero-order valence-electron chi connectivity index (χ0n) is 18.1. The highest BCUT2D eigenvalue weighted by atomic mass is 32.1. The van der Waals surface area contributed by atoms with Gasteiger partial charge < -0.3 is 14.7 Å². The molecule has 0 spiro atoms. The lowest BCUT2D eigenvalue weighted by atomic mass is 10.0. The van der Waals surface area contributed by atoms with Crippen molar-refractivity contribution in [2.45, 2.75) is 31.8 Å². The third-order valence-electron chi connectivity index (χ3n) is 6.02. The molecule has 0 saturated carbocycles. The Hall–Kier alpha value is -2.44. The smallest absolute Gasteiger partial charge is 0.277 e. The molecule has 1 aliphatic rings. The molecule has 1 fully saturated rings. The number of aromatic nitrogens is 1. The fourth-order valence-corrected chi connectivity index (χ4v) is 5.38. The summed E-state index contributed by atoms with van der Waals surface area (Å²) in [6.07, 6.45) is 3.50. The molecule has 3 aromatic rings. The van der Waals surface area contributed by atoms with Crippen LogP contribution in [0.3, 0.4) is 0 Å². The van der Waals surface area contributed by atoms with Gasteiger partial charge >= 0.3 is 0 Å². The van der Waals surface area contributed by atoms with E-state index in [0.29, 0.717) is 19.1 Å². The van der Waals surface area contributed by atoms with Crippen molar-refractivity contribution in [1.82, 2.24) is 9.88 Å². The number of para-hydroxylation sites is 1. The number of nitrogens with one attached hydrogen (secondary N) is 1. The van der Waals surface area contributed by atoms with Crippen molar-refractivity contribution in [3.8, 4) is 0 Å². The number of nitrogens with zero attached hydrogens (tertiary/aromatic N) is 3. The Morgan fingerprint density at radius 2 is 1.87 bits per heavy atom. The predicted molar refractivity (Wildman–Crippen MR) is 124 cm³/mol. The highest BCUT2D eigenvalue weighted by molar-refractivity contribution is 7.18. The Balaban J connectivity index is 1.42. The number of hydrogen-bond donors (Lipinski definition) is 1. The number of benzene rings is 2. The monoisotopic (exact) mass is 423 g/mol. The highest BCUT2D eigenvalue weighted by Crippen LogP contribution is 2.28. The minimum Gasteiger partial charge on any atom is -0.378 e. The van der Waals surface area contributed by atoms with Gasteiger partial charge in [-0.15, -0.1) is 11.3 Å². The lowest BCUT2D eigenvalue weighted by molar-refractivity contribution is -0.929. The molecule has 4 rings (SSSR count). The molecule has 5 nitrogen and oxygen atoms in total. The second-order valence-electron chi connectivity index (χ2n) is 8.46. The molecule has 2 atom stereocenters. The molecule has 1 aromatic heterocycles. The van der Waals surface area contributed by atoms with Crippen LogP contribution in [0, 0.1) is 0 Å². The molecule has 1 N–H and O–H groups in total. The van der Waals surface area contributed by atoms with E-state index < -0.39 is 0 Å². The van der Waals surface area contributed by atoms with Crippen molar-refractivity contribution < 1.29 is 9.69 Å². The summed E-state index contributed by atoms with van der Waals surface area (Å²) in [5, 5.41) is 1.18. The van der Waals surface area contributed by atoms with Gasteiger partial charge in [0.25, 0.3) is 5.91 Å². The predicted octanol–water partition coefficient (Wildman–Crippen LogP) is 3.13. The van der Waals surface area contributed by atoms with Crippen LogP contribution in [0.1, 0.15) is 35.9 Å². The van der Waals surface area contributed by atoms with Crippen LogP contribution >= 0.6 is 11.3 Å². The summed E-state index contributed by atoms with van der Waals surface area (Å²) in [5.41, 5.74) is 3.41. The van der Waals surface area contributed by atoms with E-state index in [0.717, 1.165) is 24.0 Å². The van der Waals surface area contributed by atoms with Gasteiger partial charge in [0.15, 0.2) is 11.6 Å². The number of thiazole rings is 1. The summed E-state index contributed by atoms with van der Waals surface area (Å²) in [6, 6.07) is 17.1. The van der Waals surface area contributed by atoms with Crippen molar-refractivity contribution in [3.05, 3.63) is 59.1 Å². The quantitative estimate of drug-likeness (QED) is 0.662. The maximum Gasteiger partial charge on any atom is 0.277 e. The maximum atomic E-state index is 13.0. The molecule has 2 heterocycles. The molecule has 1 aliphatic heterocycles. The molecule has 30 heavy (non-hydrogen) atoms. The van der Waals surface area contributed by atoms with E-state index in [9.17, 15) is 4.79 Å². The van der Waals surface area contributed by atoms with Crippen molar-refractivity contribution in [2.24, 2.45) is 0 Å². The summed E-state index contributed by atoms with van der Waals surface area (Å²) < 4.78 is 1.24. The number of fused-ring (bicyclic) bond motifs is 1. The Kier molecular flexibility index (Phi) is 6.35. The number of piperidine rings is 1. The maximum absolute atomic E-state index is 13.0. The van der Waals surface area contributed by atoms with E-state index >= 15 is 0 Å². The number of likely N-dealkylation sites (N-methyl/N-ethyl adjacent to an activating group) is 1. The number of rotatable bonds is 6. The molecule has 0 radical (unpaired) electrons. The minimum atomic E-state index is 0.203. The molecule has 0 bridgehead atoms. The van der Waals surface area contributed by atoms with E-state index in [1.807, 2.05) is 32.1 Å². The van der Waals surface area contributed by atoms with Gasteiger partial charge in [0.1, 0.15) is 6.04 Å². The number of amides is 1. The first kappa shape index (κ1) is 20.8.